The Morgan fingerprint density at radius 2 is 1.86 bits per heavy atom. The Morgan fingerprint density at radius 3 is 2.62 bits per heavy atom. The van der Waals surface area contributed by atoms with Crippen LogP contribution >= 0.6 is 0 Å². The van der Waals surface area contributed by atoms with Gasteiger partial charge in [0.1, 0.15) is 5.82 Å². The second-order valence-electron chi connectivity index (χ2n) is 7.27. The molecule has 4 rings (SSSR count). The molecular weight excluding hydrogens is 410 g/mol. The Bertz CT molecular complexity index is 1320. The van der Waals surface area contributed by atoms with Crippen molar-refractivity contribution in [2.75, 3.05) is 28.2 Å². The standard InChI is InChI=1S/C20H21N3O4S2/c1-14-7-8-17-16(11-14)18(22-28(2,24)25)12-20(21-17)23-9-10-29(26,27)19-6-4-3-5-15(19)13-23/h3-8,11-12H,9-10,13H2,1-2H3,(H,21,22). The topological polar surface area (TPSA) is 96.4 Å². The highest BCUT2D eigenvalue weighted by Gasteiger charge is 2.26. The highest BCUT2D eigenvalue weighted by Crippen LogP contribution is 2.31. The summed E-state index contributed by atoms with van der Waals surface area (Å²) in [5.41, 5.74) is 2.75. The molecule has 2 heterocycles. The van der Waals surface area contributed by atoms with E-state index in [0.29, 0.717) is 39.4 Å². The summed E-state index contributed by atoms with van der Waals surface area (Å²) in [7, 11) is -6.88. The molecule has 0 radical (unpaired) electrons. The molecule has 2 aromatic carbocycles. The van der Waals surface area contributed by atoms with Crippen molar-refractivity contribution in [2.24, 2.45) is 0 Å². The predicted octanol–water partition coefficient (Wildman–Crippen LogP) is 2.71. The molecule has 1 aliphatic rings. The Hall–Kier alpha value is -2.65. The molecule has 1 N–H and O–H groups in total. The molecule has 0 amide bonds. The highest BCUT2D eigenvalue weighted by atomic mass is 32.2. The number of pyridine rings is 1. The van der Waals surface area contributed by atoms with Gasteiger partial charge in [0.2, 0.25) is 10.0 Å². The number of nitrogens with zero attached hydrogens (tertiary/aromatic N) is 2. The molecule has 1 aromatic heterocycles. The van der Waals surface area contributed by atoms with Crippen LogP contribution in [0.25, 0.3) is 10.9 Å². The summed E-state index contributed by atoms with van der Waals surface area (Å²) >= 11 is 0. The molecule has 0 aliphatic carbocycles. The third-order valence-electron chi connectivity index (χ3n) is 4.87. The molecule has 0 unspecified atom stereocenters. The van der Waals surface area contributed by atoms with Crippen molar-refractivity contribution in [3.63, 3.8) is 0 Å². The van der Waals surface area contributed by atoms with Crippen molar-refractivity contribution >= 4 is 42.3 Å². The van der Waals surface area contributed by atoms with Crippen LogP contribution in [0.5, 0.6) is 0 Å². The van der Waals surface area contributed by atoms with Crippen molar-refractivity contribution in [3.8, 4) is 0 Å². The maximum Gasteiger partial charge on any atom is 0.229 e. The van der Waals surface area contributed by atoms with Crippen LogP contribution in [0.3, 0.4) is 0 Å². The minimum absolute atomic E-state index is 0.0353. The predicted molar refractivity (Wildman–Crippen MR) is 114 cm³/mol. The first kappa shape index (κ1) is 19.7. The zero-order valence-corrected chi connectivity index (χ0v) is 17.7. The average molecular weight is 432 g/mol. The van der Waals surface area contributed by atoms with Crippen LogP contribution < -0.4 is 9.62 Å². The van der Waals surface area contributed by atoms with Crippen LogP contribution in [0.4, 0.5) is 11.5 Å². The number of anilines is 2. The summed E-state index contributed by atoms with van der Waals surface area (Å²) in [5, 5.41) is 0.696. The molecule has 152 valence electrons. The van der Waals surface area contributed by atoms with E-state index >= 15 is 0 Å². The number of nitrogens with one attached hydrogen (secondary N) is 1. The zero-order valence-electron chi connectivity index (χ0n) is 16.1. The van der Waals surface area contributed by atoms with E-state index in [1.807, 2.05) is 36.1 Å². The molecule has 7 nitrogen and oxygen atoms in total. The fraction of sp³-hybridized carbons (Fsp3) is 0.250. The van der Waals surface area contributed by atoms with Gasteiger partial charge >= 0.3 is 0 Å². The fourth-order valence-corrected chi connectivity index (χ4v) is 5.60. The van der Waals surface area contributed by atoms with Crippen LogP contribution in [0.15, 0.2) is 53.4 Å². The molecule has 0 atom stereocenters. The monoisotopic (exact) mass is 431 g/mol. The van der Waals surface area contributed by atoms with Gasteiger partial charge < -0.3 is 4.90 Å². The van der Waals surface area contributed by atoms with E-state index in [2.05, 4.69) is 9.71 Å². The number of benzene rings is 2. The summed E-state index contributed by atoms with van der Waals surface area (Å²) in [6, 6.07) is 14.2. The van der Waals surface area contributed by atoms with Crippen molar-refractivity contribution < 1.29 is 16.8 Å². The highest BCUT2D eigenvalue weighted by molar-refractivity contribution is 7.92. The number of sulfone groups is 1. The van der Waals surface area contributed by atoms with Gasteiger partial charge in [0.25, 0.3) is 0 Å². The normalized spacial score (nSPS) is 16.3. The Labute approximate surface area is 170 Å². The number of rotatable bonds is 3. The zero-order chi connectivity index (χ0) is 20.8. The summed E-state index contributed by atoms with van der Waals surface area (Å²) < 4.78 is 51.6. The first-order chi connectivity index (χ1) is 13.6. The lowest BCUT2D eigenvalue weighted by molar-refractivity contribution is 0.596. The van der Waals surface area contributed by atoms with Crippen molar-refractivity contribution in [2.45, 2.75) is 18.4 Å². The largest absolute Gasteiger partial charge is 0.351 e. The fourth-order valence-electron chi connectivity index (χ4n) is 3.53. The Balaban J connectivity index is 1.85. The molecule has 1 aliphatic heterocycles. The Kier molecular flexibility index (Phi) is 4.74. The maximum atomic E-state index is 12.6. The van der Waals surface area contributed by atoms with E-state index < -0.39 is 19.9 Å². The van der Waals surface area contributed by atoms with E-state index in [9.17, 15) is 16.8 Å². The number of aryl methyl sites for hydroxylation is 1. The third kappa shape index (κ3) is 4.06. The maximum absolute atomic E-state index is 12.6. The number of aromatic nitrogens is 1. The number of sulfonamides is 1. The first-order valence-electron chi connectivity index (χ1n) is 9.07. The quantitative estimate of drug-likeness (QED) is 0.685. The SMILES string of the molecule is Cc1ccc2nc(N3CCS(=O)(=O)c4ccccc4C3)cc(NS(C)(=O)=O)c2c1. The van der Waals surface area contributed by atoms with Crippen molar-refractivity contribution in [1.82, 2.24) is 4.98 Å². The summed E-state index contributed by atoms with van der Waals surface area (Å²) in [6.07, 6.45) is 1.10. The molecule has 0 fully saturated rings. The van der Waals surface area contributed by atoms with Gasteiger partial charge in [-0.25, -0.2) is 21.8 Å². The van der Waals surface area contributed by atoms with E-state index in [0.717, 1.165) is 11.8 Å². The van der Waals surface area contributed by atoms with Gasteiger partial charge in [-0.05, 0) is 30.7 Å². The molecule has 0 saturated heterocycles. The van der Waals surface area contributed by atoms with E-state index in [4.69, 9.17) is 0 Å². The van der Waals surface area contributed by atoms with Crippen LogP contribution in [0.2, 0.25) is 0 Å². The minimum atomic E-state index is -3.50. The van der Waals surface area contributed by atoms with Crippen LogP contribution in [0, 0.1) is 6.92 Å². The van der Waals surface area contributed by atoms with Gasteiger partial charge in [0.05, 0.1) is 28.1 Å². The molecule has 9 heteroatoms. The van der Waals surface area contributed by atoms with Gasteiger partial charge in [0.15, 0.2) is 9.84 Å². The van der Waals surface area contributed by atoms with Crippen molar-refractivity contribution in [1.29, 1.82) is 0 Å². The van der Waals surface area contributed by atoms with Gasteiger partial charge in [-0.2, -0.15) is 0 Å². The molecule has 0 spiro atoms. The van der Waals surface area contributed by atoms with Gasteiger partial charge in [-0.15, -0.1) is 0 Å². The van der Waals surface area contributed by atoms with E-state index in [-0.39, 0.29) is 12.3 Å². The molecule has 0 bridgehead atoms. The average Bonchev–Trinajstić information content (AvgIpc) is 2.77. The number of hydrogen-bond donors (Lipinski definition) is 1. The summed E-state index contributed by atoms with van der Waals surface area (Å²) in [6.45, 7) is 2.56. The lowest BCUT2D eigenvalue weighted by Crippen LogP contribution is -2.26. The van der Waals surface area contributed by atoms with Gasteiger partial charge in [-0.1, -0.05) is 29.8 Å². The van der Waals surface area contributed by atoms with Gasteiger partial charge in [-0.3, -0.25) is 4.72 Å². The number of hydrogen-bond acceptors (Lipinski definition) is 6. The lowest BCUT2D eigenvalue weighted by atomic mass is 10.1. The van der Waals surface area contributed by atoms with Crippen LogP contribution in [-0.4, -0.2) is 40.4 Å². The van der Waals surface area contributed by atoms with Crippen molar-refractivity contribution in [3.05, 3.63) is 59.7 Å². The summed E-state index contributed by atoms with van der Waals surface area (Å²) in [5.74, 6) is 0.492. The summed E-state index contributed by atoms with van der Waals surface area (Å²) in [4.78, 5) is 6.90. The molecule has 3 aromatic rings. The van der Waals surface area contributed by atoms with E-state index in [1.165, 1.54) is 0 Å². The Morgan fingerprint density at radius 1 is 1.10 bits per heavy atom. The first-order valence-corrected chi connectivity index (χ1v) is 12.6. The molecule has 0 saturated carbocycles. The smallest absolute Gasteiger partial charge is 0.229 e. The van der Waals surface area contributed by atoms with E-state index in [1.54, 1.807) is 24.3 Å². The van der Waals surface area contributed by atoms with Crippen LogP contribution in [-0.2, 0) is 26.4 Å². The lowest BCUT2D eigenvalue weighted by Gasteiger charge is -2.23. The second kappa shape index (κ2) is 7.00. The molecular formula is C20H21N3O4S2. The van der Waals surface area contributed by atoms with Crippen LogP contribution in [0.1, 0.15) is 11.1 Å². The number of fused-ring (bicyclic) bond motifs is 2. The van der Waals surface area contributed by atoms with Gasteiger partial charge in [0, 0.05) is 24.5 Å². The minimum Gasteiger partial charge on any atom is -0.351 e. The second-order valence-corrected chi connectivity index (χ2v) is 11.1. The molecule has 29 heavy (non-hydrogen) atoms. The third-order valence-corrected chi connectivity index (χ3v) is 7.25.